The molecule has 0 aromatic heterocycles. The molecule has 1 amide bonds. The van der Waals surface area contributed by atoms with Gasteiger partial charge >= 0.3 is 0 Å². The Labute approximate surface area is 105 Å². The van der Waals surface area contributed by atoms with E-state index in [0.717, 1.165) is 6.42 Å². The minimum absolute atomic E-state index is 0.0131. The van der Waals surface area contributed by atoms with Crippen LogP contribution < -0.4 is 10.6 Å². The number of hydrogen-bond donors (Lipinski definition) is 2. The molecule has 1 atom stereocenters. The molecule has 1 aromatic rings. The molecule has 17 heavy (non-hydrogen) atoms. The lowest BCUT2D eigenvalue weighted by atomic mass is 10.2. The van der Waals surface area contributed by atoms with E-state index in [4.69, 9.17) is 12.2 Å². The molecule has 0 saturated heterocycles. The molecule has 0 saturated carbocycles. The van der Waals surface area contributed by atoms with E-state index in [0.29, 0.717) is 0 Å². The lowest BCUT2D eigenvalue weighted by Crippen LogP contribution is -2.43. The number of carbonyl (C=O) groups is 1. The van der Waals surface area contributed by atoms with E-state index in [2.05, 4.69) is 10.6 Å². The van der Waals surface area contributed by atoms with Crippen LogP contribution in [0.25, 0.3) is 0 Å². The maximum Gasteiger partial charge on any atom is 0.260 e. The third-order valence-electron chi connectivity index (χ3n) is 2.34. The molecule has 0 radical (unpaired) electrons. The highest BCUT2D eigenvalue weighted by Gasteiger charge is 2.12. The standard InChI is InChI=1S/C12H15FN2OS/c1-3-8(2)14-12(17)15-11(16)9-6-4-5-7-10(9)13/h4-8H,3H2,1-2H3,(H2,14,15,16,17). The van der Waals surface area contributed by atoms with Gasteiger partial charge in [0.15, 0.2) is 5.11 Å². The first-order chi connectivity index (χ1) is 8.04. The zero-order valence-electron chi connectivity index (χ0n) is 9.79. The maximum absolute atomic E-state index is 13.3. The van der Waals surface area contributed by atoms with Crippen LogP contribution >= 0.6 is 12.2 Å². The third kappa shape index (κ3) is 4.11. The molecule has 5 heteroatoms. The van der Waals surface area contributed by atoms with Gasteiger partial charge in [-0.25, -0.2) is 4.39 Å². The highest BCUT2D eigenvalue weighted by Crippen LogP contribution is 2.05. The minimum atomic E-state index is -0.559. The Bertz CT molecular complexity index is 423. The lowest BCUT2D eigenvalue weighted by Gasteiger charge is -2.14. The van der Waals surface area contributed by atoms with Gasteiger partial charge in [0.05, 0.1) is 5.56 Å². The van der Waals surface area contributed by atoms with E-state index in [9.17, 15) is 9.18 Å². The quantitative estimate of drug-likeness (QED) is 0.813. The normalized spacial score (nSPS) is 11.7. The van der Waals surface area contributed by atoms with E-state index in [1.54, 1.807) is 6.07 Å². The van der Waals surface area contributed by atoms with E-state index < -0.39 is 11.7 Å². The summed E-state index contributed by atoms with van der Waals surface area (Å²) >= 11 is 4.95. The van der Waals surface area contributed by atoms with Gasteiger partial charge in [-0.1, -0.05) is 19.1 Å². The molecule has 3 nitrogen and oxygen atoms in total. The second kappa shape index (κ2) is 6.30. The summed E-state index contributed by atoms with van der Waals surface area (Å²) < 4.78 is 13.3. The van der Waals surface area contributed by atoms with Crippen LogP contribution in [0.5, 0.6) is 0 Å². The van der Waals surface area contributed by atoms with Gasteiger partial charge in [-0.2, -0.15) is 0 Å². The number of amides is 1. The van der Waals surface area contributed by atoms with Crippen LogP contribution in [0.2, 0.25) is 0 Å². The van der Waals surface area contributed by atoms with E-state index >= 15 is 0 Å². The molecule has 1 unspecified atom stereocenters. The van der Waals surface area contributed by atoms with Crippen LogP contribution in [0.3, 0.4) is 0 Å². The van der Waals surface area contributed by atoms with Crippen molar-refractivity contribution < 1.29 is 9.18 Å². The summed E-state index contributed by atoms with van der Waals surface area (Å²) in [6, 6.07) is 5.95. The Hall–Kier alpha value is -1.49. The Kier molecular flexibility index (Phi) is 5.03. The number of halogens is 1. The lowest BCUT2D eigenvalue weighted by molar-refractivity contribution is 0.0972. The van der Waals surface area contributed by atoms with Crippen LogP contribution in [-0.4, -0.2) is 17.1 Å². The van der Waals surface area contributed by atoms with Crippen LogP contribution in [0.15, 0.2) is 24.3 Å². The fraction of sp³-hybridized carbons (Fsp3) is 0.333. The zero-order valence-corrected chi connectivity index (χ0v) is 10.6. The van der Waals surface area contributed by atoms with E-state index in [-0.39, 0.29) is 16.7 Å². The van der Waals surface area contributed by atoms with Gasteiger partial charge in [0, 0.05) is 6.04 Å². The molecule has 0 aliphatic heterocycles. The number of carbonyl (C=O) groups excluding carboxylic acids is 1. The summed E-state index contributed by atoms with van der Waals surface area (Å²) in [5.74, 6) is -1.10. The molecule has 0 heterocycles. The van der Waals surface area contributed by atoms with Gasteiger partial charge in [0.2, 0.25) is 0 Å². The van der Waals surface area contributed by atoms with Crippen molar-refractivity contribution in [3.05, 3.63) is 35.6 Å². The number of hydrogen-bond acceptors (Lipinski definition) is 2. The van der Waals surface area contributed by atoms with Crippen molar-refractivity contribution in [2.24, 2.45) is 0 Å². The van der Waals surface area contributed by atoms with Gasteiger partial charge in [-0.15, -0.1) is 0 Å². The number of rotatable bonds is 3. The van der Waals surface area contributed by atoms with Crippen molar-refractivity contribution in [2.75, 3.05) is 0 Å². The summed E-state index contributed by atoms with van der Waals surface area (Å²) in [7, 11) is 0. The number of thiocarbonyl (C=S) groups is 1. The smallest absolute Gasteiger partial charge is 0.260 e. The average Bonchev–Trinajstić information content (AvgIpc) is 2.29. The second-order valence-electron chi connectivity index (χ2n) is 3.72. The van der Waals surface area contributed by atoms with Crippen LogP contribution in [0.1, 0.15) is 30.6 Å². The van der Waals surface area contributed by atoms with Gasteiger partial charge in [0.1, 0.15) is 5.82 Å². The molecule has 0 spiro atoms. The Balaban J connectivity index is 2.61. The van der Waals surface area contributed by atoms with Crippen molar-refractivity contribution in [1.82, 2.24) is 10.6 Å². The Morgan fingerprint density at radius 1 is 1.47 bits per heavy atom. The van der Waals surface area contributed by atoms with Crippen molar-refractivity contribution in [3.8, 4) is 0 Å². The van der Waals surface area contributed by atoms with E-state index in [1.807, 2.05) is 13.8 Å². The SMILES string of the molecule is CCC(C)NC(=S)NC(=O)c1ccccc1F. The van der Waals surface area contributed by atoms with Gasteiger partial charge in [0.25, 0.3) is 5.91 Å². The highest BCUT2D eigenvalue weighted by molar-refractivity contribution is 7.80. The average molecular weight is 254 g/mol. The maximum atomic E-state index is 13.3. The fourth-order valence-corrected chi connectivity index (χ4v) is 1.47. The van der Waals surface area contributed by atoms with Gasteiger partial charge in [-0.3, -0.25) is 10.1 Å². The molecule has 0 aliphatic rings. The number of nitrogens with one attached hydrogen (secondary N) is 2. The summed E-state index contributed by atoms with van der Waals surface area (Å²) in [4.78, 5) is 11.7. The first-order valence-electron chi connectivity index (χ1n) is 5.41. The molecule has 2 N–H and O–H groups in total. The van der Waals surface area contributed by atoms with Crippen molar-refractivity contribution in [2.45, 2.75) is 26.3 Å². The molecule has 0 aliphatic carbocycles. The van der Waals surface area contributed by atoms with E-state index in [1.165, 1.54) is 18.2 Å². The van der Waals surface area contributed by atoms with Gasteiger partial charge < -0.3 is 5.32 Å². The predicted octanol–water partition coefficient (Wildman–Crippen LogP) is 2.23. The number of benzene rings is 1. The summed E-state index contributed by atoms with van der Waals surface area (Å²) in [5.41, 5.74) is -0.0131. The topological polar surface area (TPSA) is 41.1 Å². The molecular formula is C12H15FN2OS. The monoisotopic (exact) mass is 254 g/mol. The Morgan fingerprint density at radius 3 is 2.71 bits per heavy atom. The van der Waals surface area contributed by atoms with Crippen LogP contribution in [0.4, 0.5) is 4.39 Å². The molecule has 0 bridgehead atoms. The fourth-order valence-electron chi connectivity index (χ4n) is 1.18. The predicted molar refractivity (Wildman–Crippen MR) is 69.4 cm³/mol. The largest absolute Gasteiger partial charge is 0.360 e. The molecule has 1 aromatic carbocycles. The molecule has 1 rings (SSSR count). The van der Waals surface area contributed by atoms with Crippen LogP contribution in [-0.2, 0) is 0 Å². The summed E-state index contributed by atoms with van der Waals surface area (Å²) in [6.07, 6.45) is 0.885. The van der Waals surface area contributed by atoms with Crippen LogP contribution in [0, 0.1) is 5.82 Å². The van der Waals surface area contributed by atoms with Gasteiger partial charge in [-0.05, 0) is 37.7 Å². The first-order valence-corrected chi connectivity index (χ1v) is 5.81. The molecular weight excluding hydrogens is 239 g/mol. The molecule has 92 valence electrons. The van der Waals surface area contributed by atoms with Crippen molar-refractivity contribution >= 4 is 23.2 Å². The first kappa shape index (κ1) is 13.6. The highest BCUT2D eigenvalue weighted by atomic mass is 32.1. The minimum Gasteiger partial charge on any atom is -0.360 e. The summed E-state index contributed by atoms with van der Waals surface area (Å²) in [6.45, 7) is 3.94. The third-order valence-corrected chi connectivity index (χ3v) is 2.56. The second-order valence-corrected chi connectivity index (χ2v) is 4.12. The molecule has 0 fully saturated rings. The Morgan fingerprint density at radius 2 is 2.12 bits per heavy atom. The van der Waals surface area contributed by atoms with Crippen molar-refractivity contribution in [1.29, 1.82) is 0 Å². The van der Waals surface area contributed by atoms with Crippen molar-refractivity contribution in [3.63, 3.8) is 0 Å². The zero-order chi connectivity index (χ0) is 12.8. The summed E-state index contributed by atoms with van der Waals surface area (Å²) in [5, 5.41) is 5.59.